The number of hydrogen-bond donors (Lipinski definition) is 1. The molecule has 2 rings (SSSR count). The second kappa shape index (κ2) is 4.59. The number of morpholine rings is 1. The smallest absolute Gasteiger partial charge is 0.118 e. The average molecular weight is 196 g/mol. The highest BCUT2D eigenvalue weighted by molar-refractivity contribution is 5.12. The van der Waals surface area contributed by atoms with E-state index in [4.69, 9.17) is 14.9 Å². The molecule has 14 heavy (non-hydrogen) atoms. The first-order valence-corrected chi connectivity index (χ1v) is 4.95. The van der Waals surface area contributed by atoms with Crippen LogP contribution in [0.5, 0.6) is 0 Å². The summed E-state index contributed by atoms with van der Waals surface area (Å²) in [6.07, 6.45) is 1.73. The van der Waals surface area contributed by atoms with Gasteiger partial charge in [0.15, 0.2) is 0 Å². The van der Waals surface area contributed by atoms with Crippen molar-refractivity contribution in [3.63, 3.8) is 0 Å². The van der Waals surface area contributed by atoms with Gasteiger partial charge in [-0.25, -0.2) is 0 Å². The van der Waals surface area contributed by atoms with Crippen LogP contribution in [-0.2, 0) is 17.8 Å². The Hall–Kier alpha value is -0.840. The van der Waals surface area contributed by atoms with Crippen molar-refractivity contribution >= 4 is 0 Å². The first kappa shape index (κ1) is 9.71. The molecule has 0 atom stereocenters. The number of rotatable bonds is 3. The Morgan fingerprint density at radius 1 is 1.36 bits per heavy atom. The Morgan fingerprint density at radius 2 is 2.14 bits per heavy atom. The Balaban J connectivity index is 1.89. The molecule has 0 amide bonds. The molecule has 2 N–H and O–H groups in total. The Labute approximate surface area is 83.6 Å². The number of nitrogens with two attached hydrogens (primary N) is 1. The van der Waals surface area contributed by atoms with Crippen LogP contribution < -0.4 is 5.73 Å². The molecule has 0 radical (unpaired) electrons. The highest BCUT2D eigenvalue weighted by Gasteiger charge is 2.12. The van der Waals surface area contributed by atoms with E-state index in [0.29, 0.717) is 6.54 Å². The van der Waals surface area contributed by atoms with E-state index >= 15 is 0 Å². The summed E-state index contributed by atoms with van der Waals surface area (Å²) in [6, 6.07) is 2.02. The third-order valence-electron chi connectivity index (χ3n) is 2.43. The van der Waals surface area contributed by atoms with Crippen LogP contribution in [0.15, 0.2) is 16.7 Å². The highest BCUT2D eigenvalue weighted by atomic mass is 16.5. The Morgan fingerprint density at radius 3 is 2.79 bits per heavy atom. The number of furan rings is 1. The summed E-state index contributed by atoms with van der Waals surface area (Å²) in [5.41, 5.74) is 6.57. The van der Waals surface area contributed by atoms with Gasteiger partial charge in [-0.15, -0.1) is 0 Å². The van der Waals surface area contributed by atoms with E-state index in [9.17, 15) is 0 Å². The molecule has 4 nitrogen and oxygen atoms in total. The monoisotopic (exact) mass is 196 g/mol. The first-order valence-electron chi connectivity index (χ1n) is 4.95. The lowest BCUT2D eigenvalue weighted by atomic mass is 10.3. The molecular weight excluding hydrogens is 180 g/mol. The molecule has 1 saturated heterocycles. The molecule has 1 aliphatic rings. The van der Waals surface area contributed by atoms with Crippen LogP contribution in [0, 0.1) is 0 Å². The van der Waals surface area contributed by atoms with E-state index in [1.54, 1.807) is 6.26 Å². The summed E-state index contributed by atoms with van der Waals surface area (Å²) in [6.45, 7) is 5.03. The average Bonchev–Trinajstić information content (AvgIpc) is 2.67. The molecule has 2 heterocycles. The largest absolute Gasteiger partial charge is 0.468 e. The molecule has 0 aliphatic carbocycles. The fourth-order valence-corrected chi connectivity index (χ4v) is 1.60. The minimum absolute atomic E-state index is 0.548. The fraction of sp³-hybridized carbons (Fsp3) is 0.600. The summed E-state index contributed by atoms with van der Waals surface area (Å²) in [5.74, 6) is 0.993. The second-order valence-corrected chi connectivity index (χ2v) is 3.51. The van der Waals surface area contributed by atoms with Gasteiger partial charge in [0.25, 0.3) is 0 Å². The van der Waals surface area contributed by atoms with Crippen molar-refractivity contribution in [2.24, 2.45) is 5.73 Å². The Bertz CT molecular complexity index is 279. The third-order valence-corrected chi connectivity index (χ3v) is 2.43. The normalized spacial score (nSPS) is 18.6. The Kier molecular flexibility index (Phi) is 3.18. The molecule has 1 aliphatic heterocycles. The maximum Gasteiger partial charge on any atom is 0.118 e. The zero-order valence-electron chi connectivity index (χ0n) is 8.24. The van der Waals surface area contributed by atoms with Crippen LogP contribution in [-0.4, -0.2) is 31.2 Å². The molecule has 0 bridgehead atoms. The molecule has 0 spiro atoms. The van der Waals surface area contributed by atoms with E-state index in [1.165, 1.54) is 0 Å². The van der Waals surface area contributed by atoms with Crippen molar-refractivity contribution in [1.29, 1.82) is 0 Å². The maximum atomic E-state index is 5.50. The summed E-state index contributed by atoms with van der Waals surface area (Å²) in [4.78, 5) is 2.32. The maximum absolute atomic E-state index is 5.50. The van der Waals surface area contributed by atoms with E-state index in [-0.39, 0.29) is 0 Å². The molecule has 0 saturated carbocycles. The standard InChI is InChI=1S/C10H16N2O2/c11-6-9-5-10(14-8-9)7-12-1-3-13-4-2-12/h5,8H,1-4,6-7,11H2. The van der Waals surface area contributed by atoms with Gasteiger partial charge in [-0.1, -0.05) is 0 Å². The zero-order valence-corrected chi connectivity index (χ0v) is 8.24. The lowest BCUT2D eigenvalue weighted by molar-refractivity contribution is 0.0313. The molecule has 1 aromatic rings. The molecule has 0 unspecified atom stereocenters. The molecule has 78 valence electrons. The van der Waals surface area contributed by atoms with Crippen LogP contribution >= 0.6 is 0 Å². The molecule has 1 fully saturated rings. The SMILES string of the molecule is NCc1coc(CN2CCOCC2)c1. The number of ether oxygens (including phenoxy) is 1. The van der Waals surface area contributed by atoms with E-state index < -0.39 is 0 Å². The van der Waals surface area contributed by atoms with Gasteiger partial charge in [-0.3, -0.25) is 4.90 Å². The summed E-state index contributed by atoms with van der Waals surface area (Å²) in [7, 11) is 0. The molecular formula is C10H16N2O2. The minimum atomic E-state index is 0.548. The minimum Gasteiger partial charge on any atom is -0.468 e. The highest BCUT2D eigenvalue weighted by Crippen LogP contribution is 2.11. The summed E-state index contributed by atoms with van der Waals surface area (Å²) < 4.78 is 10.7. The third kappa shape index (κ3) is 2.35. The fourth-order valence-electron chi connectivity index (χ4n) is 1.60. The van der Waals surface area contributed by atoms with Gasteiger partial charge >= 0.3 is 0 Å². The predicted octanol–water partition coefficient (Wildman–Crippen LogP) is 0.570. The van der Waals surface area contributed by atoms with Crippen LogP contribution in [0.4, 0.5) is 0 Å². The van der Waals surface area contributed by atoms with Gasteiger partial charge in [0.1, 0.15) is 5.76 Å². The van der Waals surface area contributed by atoms with E-state index in [2.05, 4.69) is 4.90 Å². The van der Waals surface area contributed by atoms with Gasteiger partial charge in [0, 0.05) is 25.2 Å². The van der Waals surface area contributed by atoms with Gasteiger partial charge in [-0.2, -0.15) is 0 Å². The number of hydrogen-bond acceptors (Lipinski definition) is 4. The first-order chi connectivity index (χ1) is 6.88. The zero-order chi connectivity index (χ0) is 9.80. The van der Waals surface area contributed by atoms with Crippen molar-refractivity contribution in [2.75, 3.05) is 26.3 Å². The van der Waals surface area contributed by atoms with Gasteiger partial charge in [-0.05, 0) is 6.07 Å². The van der Waals surface area contributed by atoms with Gasteiger partial charge in [0.05, 0.1) is 26.0 Å². The lowest BCUT2D eigenvalue weighted by Crippen LogP contribution is -2.35. The van der Waals surface area contributed by atoms with Crippen molar-refractivity contribution in [1.82, 2.24) is 4.90 Å². The van der Waals surface area contributed by atoms with E-state index in [1.807, 2.05) is 6.07 Å². The summed E-state index contributed by atoms with van der Waals surface area (Å²) in [5, 5.41) is 0. The predicted molar refractivity (Wildman–Crippen MR) is 52.7 cm³/mol. The van der Waals surface area contributed by atoms with Crippen molar-refractivity contribution < 1.29 is 9.15 Å². The van der Waals surface area contributed by atoms with Crippen LogP contribution in [0.25, 0.3) is 0 Å². The van der Waals surface area contributed by atoms with Crippen molar-refractivity contribution in [2.45, 2.75) is 13.1 Å². The molecule has 0 aromatic carbocycles. The molecule has 1 aromatic heterocycles. The summed E-state index contributed by atoms with van der Waals surface area (Å²) >= 11 is 0. The van der Waals surface area contributed by atoms with E-state index in [0.717, 1.165) is 44.2 Å². The lowest BCUT2D eigenvalue weighted by Gasteiger charge is -2.25. The van der Waals surface area contributed by atoms with Crippen LogP contribution in [0.3, 0.4) is 0 Å². The van der Waals surface area contributed by atoms with Crippen molar-refractivity contribution in [3.05, 3.63) is 23.7 Å². The van der Waals surface area contributed by atoms with Gasteiger partial charge in [0.2, 0.25) is 0 Å². The van der Waals surface area contributed by atoms with Crippen molar-refractivity contribution in [3.8, 4) is 0 Å². The quantitative estimate of drug-likeness (QED) is 0.768. The second-order valence-electron chi connectivity index (χ2n) is 3.51. The topological polar surface area (TPSA) is 51.6 Å². The van der Waals surface area contributed by atoms with Gasteiger partial charge < -0.3 is 14.9 Å². The van der Waals surface area contributed by atoms with Crippen LogP contribution in [0.2, 0.25) is 0 Å². The molecule has 4 heteroatoms. The number of nitrogens with zero attached hydrogens (tertiary/aromatic N) is 1. The van der Waals surface area contributed by atoms with Crippen LogP contribution in [0.1, 0.15) is 11.3 Å².